The van der Waals surface area contributed by atoms with E-state index in [0.717, 1.165) is 43.9 Å². The van der Waals surface area contributed by atoms with Crippen LogP contribution in [0.5, 0.6) is 0 Å². The molecule has 0 aromatic heterocycles. The van der Waals surface area contributed by atoms with Crippen LogP contribution in [-0.4, -0.2) is 45.5 Å². The average molecular weight is 492 g/mol. The van der Waals surface area contributed by atoms with Crippen molar-refractivity contribution in [3.63, 3.8) is 0 Å². The van der Waals surface area contributed by atoms with E-state index in [9.17, 15) is 8.42 Å². The van der Waals surface area contributed by atoms with E-state index in [-0.39, 0.29) is 30.0 Å². The van der Waals surface area contributed by atoms with Gasteiger partial charge in [0.05, 0.1) is 4.90 Å². The standard InChI is InChI=1S/C18H28N4O2S.HI/c1-18(2)10-11-22(13-18)17(19-3)20-12-14-4-8-16(9-5-14)25(23,24)21-15-6-7-15;/h4-5,8-9,15,21H,6-7,10-13H2,1-3H3,(H,19,20);1H. The second-order valence-corrected chi connectivity index (χ2v) is 9.49. The summed E-state index contributed by atoms with van der Waals surface area (Å²) < 4.78 is 27.1. The number of nitrogens with zero attached hydrogens (tertiary/aromatic N) is 2. The summed E-state index contributed by atoms with van der Waals surface area (Å²) in [4.78, 5) is 6.98. The lowest BCUT2D eigenvalue weighted by atomic mass is 9.93. The summed E-state index contributed by atoms with van der Waals surface area (Å²) in [5.74, 6) is 0.901. The molecule has 146 valence electrons. The monoisotopic (exact) mass is 492 g/mol. The van der Waals surface area contributed by atoms with Crippen LogP contribution < -0.4 is 10.0 Å². The van der Waals surface area contributed by atoms with Crippen molar-refractivity contribution in [3.05, 3.63) is 29.8 Å². The van der Waals surface area contributed by atoms with Crippen LogP contribution in [-0.2, 0) is 16.6 Å². The summed E-state index contributed by atoms with van der Waals surface area (Å²) in [6.07, 6.45) is 3.04. The highest BCUT2D eigenvalue weighted by atomic mass is 127. The highest BCUT2D eigenvalue weighted by molar-refractivity contribution is 14.0. The maximum Gasteiger partial charge on any atom is 0.240 e. The molecule has 2 aliphatic rings. The third kappa shape index (κ3) is 5.56. The van der Waals surface area contributed by atoms with Gasteiger partial charge in [-0.2, -0.15) is 0 Å². The topological polar surface area (TPSA) is 73.8 Å². The molecule has 0 amide bonds. The van der Waals surface area contributed by atoms with Crippen LogP contribution in [0.1, 0.15) is 38.7 Å². The molecule has 2 fully saturated rings. The van der Waals surface area contributed by atoms with Crippen molar-refractivity contribution >= 4 is 40.0 Å². The molecule has 1 aliphatic carbocycles. The first-order valence-electron chi connectivity index (χ1n) is 8.86. The molecule has 1 aromatic rings. The second-order valence-electron chi connectivity index (χ2n) is 7.78. The fraction of sp³-hybridized carbons (Fsp3) is 0.611. The van der Waals surface area contributed by atoms with Gasteiger partial charge in [-0.3, -0.25) is 4.99 Å². The van der Waals surface area contributed by atoms with Crippen molar-refractivity contribution in [2.45, 2.75) is 50.6 Å². The molecule has 0 bridgehead atoms. The Morgan fingerprint density at radius 1 is 1.27 bits per heavy atom. The van der Waals surface area contributed by atoms with Crippen LogP contribution in [0.15, 0.2) is 34.2 Å². The maximum atomic E-state index is 12.2. The molecular weight excluding hydrogens is 463 g/mol. The molecular formula is C18H29IN4O2S. The van der Waals surface area contributed by atoms with Crippen LogP contribution in [0, 0.1) is 5.41 Å². The number of hydrogen-bond acceptors (Lipinski definition) is 3. The smallest absolute Gasteiger partial charge is 0.240 e. The van der Waals surface area contributed by atoms with Gasteiger partial charge >= 0.3 is 0 Å². The largest absolute Gasteiger partial charge is 0.352 e. The van der Waals surface area contributed by atoms with Gasteiger partial charge in [-0.1, -0.05) is 26.0 Å². The zero-order chi connectivity index (χ0) is 18.1. The molecule has 2 N–H and O–H groups in total. The fourth-order valence-electron chi connectivity index (χ4n) is 3.08. The molecule has 0 radical (unpaired) electrons. The lowest BCUT2D eigenvalue weighted by Gasteiger charge is -2.23. The number of hydrogen-bond donors (Lipinski definition) is 2. The molecule has 0 spiro atoms. The summed E-state index contributed by atoms with van der Waals surface area (Å²) in [7, 11) is -1.58. The van der Waals surface area contributed by atoms with Crippen LogP contribution in [0.25, 0.3) is 0 Å². The maximum absolute atomic E-state index is 12.2. The van der Waals surface area contributed by atoms with Crippen molar-refractivity contribution in [1.82, 2.24) is 14.9 Å². The number of benzene rings is 1. The molecule has 1 saturated heterocycles. The summed E-state index contributed by atoms with van der Waals surface area (Å²) in [5, 5.41) is 3.38. The molecule has 8 heteroatoms. The molecule has 0 unspecified atom stereocenters. The van der Waals surface area contributed by atoms with Gasteiger partial charge in [0.15, 0.2) is 5.96 Å². The fourth-order valence-corrected chi connectivity index (χ4v) is 4.39. The zero-order valence-electron chi connectivity index (χ0n) is 15.7. The van der Waals surface area contributed by atoms with Crippen LogP contribution in [0.3, 0.4) is 0 Å². The average Bonchev–Trinajstić information content (AvgIpc) is 3.29. The van der Waals surface area contributed by atoms with Crippen molar-refractivity contribution < 1.29 is 8.42 Å². The van der Waals surface area contributed by atoms with Crippen LogP contribution in [0.4, 0.5) is 0 Å². The third-order valence-corrected chi connectivity index (χ3v) is 6.31. The van der Waals surface area contributed by atoms with E-state index in [1.54, 1.807) is 19.2 Å². The summed E-state index contributed by atoms with van der Waals surface area (Å²) >= 11 is 0. The zero-order valence-corrected chi connectivity index (χ0v) is 18.8. The highest BCUT2D eigenvalue weighted by Crippen LogP contribution is 2.28. The normalized spacial score (nSPS) is 20.0. The number of halogens is 1. The van der Waals surface area contributed by atoms with E-state index < -0.39 is 10.0 Å². The van der Waals surface area contributed by atoms with E-state index in [0.29, 0.717) is 16.9 Å². The van der Waals surface area contributed by atoms with Gasteiger partial charge in [0, 0.05) is 32.7 Å². The van der Waals surface area contributed by atoms with E-state index in [1.807, 2.05) is 12.1 Å². The van der Waals surface area contributed by atoms with Crippen LogP contribution in [0.2, 0.25) is 0 Å². The van der Waals surface area contributed by atoms with Gasteiger partial charge in [-0.15, -0.1) is 24.0 Å². The Balaban J connectivity index is 0.00000243. The minimum Gasteiger partial charge on any atom is -0.352 e. The molecule has 0 atom stereocenters. The molecule has 6 nitrogen and oxygen atoms in total. The van der Waals surface area contributed by atoms with Gasteiger partial charge in [0.2, 0.25) is 10.0 Å². The number of sulfonamides is 1. The summed E-state index contributed by atoms with van der Waals surface area (Å²) in [6, 6.07) is 7.18. The van der Waals surface area contributed by atoms with Gasteiger partial charge in [-0.05, 0) is 42.4 Å². The predicted octanol–water partition coefficient (Wildman–Crippen LogP) is 2.55. The molecule has 1 aliphatic heterocycles. The van der Waals surface area contributed by atoms with E-state index in [4.69, 9.17) is 0 Å². The SMILES string of the molecule is CN=C(NCc1ccc(S(=O)(=O)NC2CC2)cc1)N1CCC(C)(C)C1.I. The Kier molecular flexibility index (Phi) is 6.95. The first kappa shape index (κ1) is 21.4. The first-order chi connectivity index (χ1) is 11.8. The number of aliphatic imine (C=N–C) groups is 1. The minimum atomic E-state index is -3.38. The molecule has 3 rings (SSSR count). The number of nitrogens with one attached hydrogen (secondary N) is 2. The van der Waals surface area contributed by atoms with Crippen molar-refractivity contribution in [2.24, 2.45) is 10.4 Å². The Hall–Kier alpha value is -0.870. The van der Waals surface area contributed by atoms with E-state index in [2.05, 4.69) is 33.8 Å². The molecule has 1 heterocycles. The second kappa shape index (κ2) is 8.43. The Labute approximate surface area is 173 Å². The summed E-state index contributed by atoms with van der Waals surface area (Å²) in [6.45, 7) is 7.18. The van der Waals surface area contributed by atoms with E-state index in [1.165, 1.54) is 0 Å². The molecule has 1 aromatic carbocycles. The van der Waals surface area contributed by atoms with Gasteiger partial charge in [0.25, 0.3) is 0 Å². The lowest BCUT2D eigenvalue weighted by Crippen LogP contribution is -2.40. The van der Waals surface area contributed by atoms with Gasteiger partial charge in [0.1, 0.15) is 0 Å². The lowest BCUT2D eigenvalue weighted by molar-refractivity contribution is 0.370. The van der Waals surface area contributed by atoms with Crippen molar-refractivity contribution in [1.29, 1.82) is 0 Å². The number of likely N-dealkylation sites (tertiary alicyclic amines) is 1. The Morgan fingerprint density at radius 2 is 1.92 bits per heavy atom. The molecule has 26 heavy (non-hydrogen) atoms. The minimum absolute atomic E-state index is 0. The molecule has 1 saturated carbocycles. The van der Waals surface area contributed by atoms with Crippen LogP contribution >= 0.6 is 24.0 Å². The third-order valence-electron chi connectivity index (χ3n) is 4.77. The van der Waals surface area contributed by atoms with E-state index >= 15 is 0 Å². The number of guanidine groups is 1. The highest BCUT2D eigenvalue weighted by Gasteiger charge is 2.31. The van der Waals surface area contributed by atoms with Crippen molar-refractivity contribution in [3.8, 4) is 0 Å². The first-order valence-corrected chi connectivity index (χ1v) is 10.3. The predicted molar refractivity (Wildman–Crippen MR) is 115 cm³/mol. The van der Waals surface area contributed by atoms with Crippen molar-refractivity contribution in [2.75, 3.05) is 20.1 Å². The quantitative estimate of drug-likeness (QED) is 0.377. The number of rotatable bonds is 5. The van der Waals surface area contributed by atoms with Gasteiger partial charge < -0.3 is 10.2 Å². The Bertz CT molecular complexity index is 743. The van der Waals surface area contributed by atoms with Gasteiger partial charge in [-0.25, -0.2) is 13.1 Å². The summed E-state index contributed by atoms with van der Waals surface area (Å²) in [5.41, 5.74) is 1.35. The Morgan fingerprint density at radius 3 is 2.42 bits per heavy atom.